The lowest BCUT2D eigenvalue weighted by Gasteiger charge is -2.24. The van der Waals surface area contributed by atoms with Gasteiger partial charge in [0.25, 0.3) is 0 Å². The molecule has 3 atom stereocenters. The largest absolute Gasteiger partial charge is 0.358 e. The molecular weight excluding hydrogens is 200 g/mol. The maximum Gasteiger partial charge on any atom is 0.237 e. The molecule has 0 aromatic heterocycles. The quantitative estimate of drug-likeness (QED) is 0.752. The average molecular weight is 226 g/mol. The molecule has 1 saturated carbocycles. The number of rotatable bonds is 5. The lowest BCUT2D eigenvalue weighted by Crippen LogP contribution is -2.49. The highest BCUT2D eigenvalue weighted by molar-refractivity contribution is 5.81. The first kappa shape index (κ1) is 13.5. The van der Waals surface area contributed by atoms with E-state index in [0.29, 0.717) is 12.0 Å². The van der Waals surface area contributed by atoms with Crippen molar-refractivity contribution in [3.8, 4) is 0 Å². The Morgan fingerprint density at radius 1 is 1.38 bits per heavy atom. The number of hydrogen-bond acceptors (Lipinski definition) is 2. The van der Waals surface area contributed by atoms with E-state index in [9.17, 15) is 4.79 Å². The summed E-state index contributed by atoms with van der Waals surface area (Å²) >= 11 is 0. The van der Waals surface area contributed by atoms with Crippen molar-refractivity contribution in [3.05, 3.63) is 0 Å². The van der Waals surface area contributed by atoms with E-state index >= 15 is 0 Å². The summed E-state index contributed by atoms with van der Waals surface area (Å²) in [5.74, 6) is 1.32. The Labute approximate surface area is 99.4 Å². The van der Waals surface area contributed by atoms with Gasteiger partial charge in [-0.05, 0) is 31.1 Å². The van der Waals surface area contributed by atoms with Gasteiger partial charge >= 0.3 is 0 Å². The summed E-state index contributed by atoms with van der Waals surface area (Å²) < 4.78 is 0. The van der Waals surface area contributed by atoms with Gasteiger partial charge in [-0.1, -0.05) is 27.2 Å². The van der Waals surface area contributed by atoms with Gasteiger partial charge in [0.1, 0.15) is 0 Å². The van der Waals surface area contributed by atoms with Crippen LogP contribution >= 0.6 is 0 Å². The van der Waals surface area contributed by atoms with Gasteiger partial charge in [-0.2, -0.15) is 0 Å². The zero-order chi connectivity index (χ0) is 12.1. The molecule has 94 valence electrons. The normalized spacial score (nSPS) is 27.1. The van der Waals surface area contributed by atoms with Gasteiger partial charge in [-0.25, -0.2) is 0 Å². The highest BCUT2D eigenvalue weighted by Gasteiger charge is 2.29. The van der Waals surface area contributed by atoms with Crippen molar-refractivity contribution >= 4 is 5.91 Å². The van der Waals surface area contributed by atoms with Crippen LogP contribution in [0.4, 0.5) is 0 Å². The number of carbonyl (C=O) groups excluding carboxylic acids is 1. The fraction of sp³-hybridized carbons (Fsp3) is 0.923. The minimum Gasteiger partial charge on any atom is -0.358 e. The zero-order valence-corrected chi connectivity index (χ0v) is 11.0. The number of likely N-dealkylation sites (N-methyl/N-ethyl adjacent to an activating group) is 1. The molecule has 1 aliphatic carbocycles. The standard InChI is InChI=1S/C13H26N2O/c1-5-10-6-7-11(8-10)15-12(9(2)3)13(16)14-4/h9-12,15H,5-8H2,1-4H3,(H,14,16). The third-order valence-electron chi connectivity index (χ3n) is 3.73. The van der Waals surface area contributed by atoms with E-state index in [1.165, 1.54) is 25.7 Å². The van der Waals surface area contributed by atoms with Crippen LogP contribution in [0.3, 0.4) is 0 Å². The first-order valence-corrected chi connectivity index (χ1v) is 6.56. The topological polar surface area (TPSA) is 41.1 Å². The second-order valence-electron chi connectivity index (χ2n) is 5.29. The van der Waals surface area contributed by atoms with Crippen LogP contribution in [0.25, 0.3) is 0 Å². The Balaban J connectivity index is 2.47. The van der Waals surface area contributed by atoms with E-state index in [0.717, 1.165) is 5.92 Å². The summed E-state index contributed by atoms with van der Waals surface area (Å²) in [5, 5.41) is 6.26. The number of carbonyl (C=O) groups is 1. The minimum absolute atomic E-state index is 0.0365. The van der Waals surface area contributed by atoms with Gasteiger partial charge in [0, 0.05) is 13.1 Å². The molecule has 3 nitrogen and oxygen atoms in total. The highest BCUT2D eigenvalue weighted by atomic mass is 16.2. The molecule has 0 spiro atoms. The monoisotopic (exact) mass is 226 g/mol. The van der Waals surface area contributed by atoms with E-state index in [1.54, 1.807) is 7.05 Å². The summed E-state index contributed by atoms with van der Waals surface area (Å²) in [6.45, 7) is 6.45. The molecule has 2 N–H and O–H groups in total. The smallest absolute Gasteiger partial charge is 0.237 e. The Morgan fingerprint density at radius 3 is 2.50 bits per heavy atom. The molecule has 1 rings (SSSR count). The fourth-order valence-electron chi connectivity index (χ4n) is 2.58. The van der Waals surface area contributed by atoms with Crippen molar-refractivity contribution in [1.29, 1.82) is 0 Å². The Bertz CT molecular complexity index is 228. The van der Waals surface area contributed by atoms with E-state index in [2.05, 4.69) is 31.4 Å². The van der Waals surface area contributed by atoms with Crippen LogP contribution in [0.5, 0.6) is 0 Å². The van der Waals surface area contributed by atoms with Crippen LogP contribution < -0.4 is 10.6 Å². The first-order chi connectivity index (χ1) is 7.58. The SMILES string of the molecule is CCC1CCC(NC(C(=O)NC)C(C)C)C1. The summed E-state index contributed by atoms with van der Waals surface area (Å²) in [6.07, 6.45) is 5.03. The molecule has 0 saturated heterocycles. The van der Waals surface area contributed by atoms with Gasteiger partial charge in [0.15, 0.2) is 0 Å². The minimum atomic E-state index is -0.0365. The van der Waals surface area contributed by atoms with Gasteiger partial charge < -0.3 is 10.6 Å². The molecule has 1 fully saturated rings. The lowest BCUT2D eigenvalue weighted by molar-refractivity contribution is -0.123. The predicted molar refractivity (Wildman–Crippen MR) is 67.2 cm³/mol. The highest BCUT2D eigenvalue weighted by Crippen LogP contribution is 2.28. The molecule has 0 aromatic carbocycles. The Morgan fingerprint density at radius 2 is 2.06 bits per heavy atom. The van der Waals surface area contributed by atoms with Crippen molar-refractivity contribution in [2.45, 2.75) is 58.5 Å². The maximum atomic E-state index is 11.7. The Kier molecular flexibility index (Phi) is 5.26. The van der Waals surface area contributed by atoms with Crippen LogP contribution in [0.1, 0.15) is 46.5 Å². The number of nitrogens with one attached hydrogen (secondary N) is 2. The molecule has 1 aliphatic rings. The van der Waals surface area contributed by atoms with E-state index in [4.69, 9.17) is 0 Å². The second kappa shape index (κ2) is 6.24. The van der Waals surface area contributed by atoms with Crippen LogP contribution in [-0.4, -0.2) is 25.0 Å². The van der Waals surface area contributed by atoms with Gasteiger partial charge in [-0.15, -0.1) is 0 Å². The maximum absolute atomic E-state index is 11.7. The van der Waals surface area contributed by atoms with Crippen molar-refractivity contribution in [3.63, 3.8) is 0 Å². The van der Waals surface area contributed by atoms with Crippen molar-refractivity contribution in [1.82, 2.24) is 10.6 Å². The van der Waals surface area contributed by atoms with Crippen LogP contribution in [-0.2, 0) is 4.79 Å². The molecule has 16 heavy (non-hydrogen) atoms. The molecule has 0 heterocycles. The molecular formula is C13H26N2O. The van der Waals surface area contributed by atoms with Crippen LogP contribution in [0.2, 0.25) is 0 Å². The first-order valence-electron chi connectivity index (χ1n) is 6.56. The molecule has 3 unspecified atom stereocenters. The number of amides is 1. The molecule has 0 bridgehead atoms. The average Bonchev–Trinajstić information content (AvgIpc) is 2.72. The third-order valence-corrected chi connectivity index (χ3v) is 3.73. The summed E-state index contributed by atoms with van der Waals surface area (Å²) in [4.78, 5) is 11.7. The molecule has 0 aliphatic heterocycles. The van der Waals surface area contributed by atoms with Gasteiger partial charge in [-0.3, -0.25) is 4.79 Å². The molecule has 0 radical (unpaired) electrons. The predicted octanol–water partition coefficient (Wildman–Crippen LogP) is 1.93. The van der Waals surface area contributed by atoms with Crippen molar-refractivity contribution < 1.29 is 4.79 Å². The van der Waals surface area contributed by atoms with E-state index in [-0.39, 0.29) is 11.9 Å². The molecule has 0 aromatic rings. The molecule has 3 heteroatoms. The Hall–Kier alpha value is -0.570. The van der Waals surface area contributed by atoms with Gasteiger partial charge in [0.2, 0.25) is 5.91 Å². The van der Waals surface area contributed by atoms with E-state index < -0.39 is 0 Å². The number of hydrogen-bond donors (Lipinski definition) is 2. The summed E-state index contributed by atoms with van der Waals surface area (Å²) in [5.41, 5.74) is 0. The second-order valence-corrected chi connectivity index (χ2v) is 5.29. The molecule has 1 amide bonds. The van der Waals surface area contributed by atoms with Crippen molar-refractivity contribution in [2.75, 3.05) is 7.05 Å². The van der Waals surface area contributed by atoms with Crippen LogP contribution in [0.15, 0.2) is 0 Å². The fourth-order valence-corrected chi connectivity index (χ4v) is 2.58. The summed E-state index contributed by atoms with van der Waals surface area (Å²) in [6, 6.07) is 0.500. The van der Waals surface area contributed by atoms with Crippen molar-refractivity contribution in [2.24, 2.45) is 11.8 Å². The van der Waals surface area contributed by atoms with Crippen LogP contribution in [0, 0.1) is 11.8 Å². The zero-order valence-electron chi connectivity index (χ0n) is 11.0. The lowest BCUT2D eigenvalue weighted by atomic mass is 10.0. The third kappa shape index (κ3) is 3.48. The summed E-state index contributed by atoms with van der Waals surface area (Å²) in [7, 11) is 1.71. The van der Waals surface area contributed by atoms with E-state index in [1.807, 2.05) is 0 Å². The van der Waals surface area contributed by atoms with Gasteiger partial charge in [0.05, 0.1) is 6.04 Å².